The van der Waals surface area contributed by atoms with E-state index in [1.807, 2.05) is 13.8 Å². The lowest BCUT2D eigenvalue weighted by Gasteiger charge is -2.26. The summed E-state index contributed by atoms with van der Waals surface area (Å²) in [5, 5.41) is 2.79. The van der Waals surface area contributed by atoms with E-state index >= 15 is 0 Å². The maximum Gasteiger partial charge on any atom is 0.262 e. The Morgan fingerprint density at radius 2 is 1.58 bits per heavy atom. The van der Waals surface area contributed by atoms with Gasteiger partial charge in [-0.25, -0.2) is 4.98 Å². The number of nitrogens with one attached hydrogen (secondary N) is 1. The predicted molar refractivity (Wildman–Crippen MR) is 122 cm³/mol. The lowest BCUT2D eigenvalue weighted by Crippen LogP contribution is -2.47. The quantitative estimate of drug-likeness (QED) is 0.445. The van der Waals surface area contributed by atoms with Gasteiger partial charge in [-0.05, 0) is 48.7 Å². The average Bonchev–Trinajstić information content (AvgIpc) is 3.33. The second kappa shape index (κ2) is 8.82. The molecule has 1 aromatic heterocycles. The highest BCUT2D eigenvalue weighted by atomic mass is 16.2. The number of hydrogen-bond acceptors (Lipinski definition) is 5. The number of ketones is 1. The zero-order chi connectivity index (χ0) is 23.7. The Morgan fingerprint density at radius 3 is 2.09 bits per heavy atom. The van der Waals surface area contributed by atoms with Gasteiger partial charge in [0.05, 0.1) is 11.1 Å². The maximum atomic E-state index is 13.2. The lowest BCUT2D eigenvalue weighted by atomic mass is 10.0. The van der Waals surface area contributed by atoms with Crippen LogP contribution in [0, 0.1) is 5.92 Å². The Morgan fingerprint density at radius 1 is 0.970 bits per heavy atom. The number of aryl methyl sites for hydroxylation is 1. The summed E-state index contributed by atoms with van der Waals surface area (Å²) in [5.41, 5.74) is 1.51. The fourth-order valence-electron chi connectivity index (χ4n) is 3.91. The van der Waals surface area contributed by atoms with Gasteiger partial charge in [0.2, 0.25) is 11.7 Å². The third kappa shape index (κ3) is 4.19. The molecule has 2 heterocycles. The fourth-order valence-corrected chi connectivity index (χ4v) is 3.91. The van der Waals surface area contributed by atoms with Crippen LogP contribution in [-0.4, -0.2) is 44.0 Å². The summed E-state index contributed by atoms with van der Waals surface area (Å²) in [7, 11) is 1.74. The minimum Gasteiger partial charge on any atom is -0.331 e. The summed E-state index contributed by atoms with van der Waals surface area (Å²) < 4.78 is 1.64. The topological polar surface area (TPSA) is 101 Å². The second-order valence-corrected chi connectivity index (χ2v) is 8.43. The van der Waals surface area contributed by atoms with Gasteiger partial charge in [-0.15, -0.1) is 0 Å². The molecule has 4 rings (SSSR count). The minimum absolute atomic E-state index is 0.0721. The predicted octanol–water partition coefficient (Wildman–Crippen LogP) is 3.30. The van der Waals surface area contributed by atoms with E-state index in [4.69, 9.17) is 0 Å². The van der Waals surface area contributed by atoms with Crippen LogP contribution in [0.3, 0.4) is 0 Å². The molecule has 33 heavy (non-hydrogen) atoms. The van der Waals surface area contributed by atoms with E-state index in [2.05, 4.69) is 10.3 Å². The van der Waals surface area contributed by atoms with Crippen LogP contribution in [0.5, 0.6) is 0 Å². The SMILES string of the molecule is CC(C)CC(C(=O)Nc1ccc(C(=O)c2nccn2C)cc1)N1C(=O)c2ccccc2C1=O. The third-order valence-corrected chi connectivity index (χ3v) is 5.57. The Hall–Kier alpha value is -4.07. The molecule has 0 saturated heterocycles. The molecule has 1 unspecified atom stereocenters. The molecule has 0 radical (unpaired) electrons. The van der Waals surface area contributed by atoms with Crippen molar-refractivity contribution in [2.75, 3.05) is 5.32 Å². The molecular formula is C25H24N4O4. The first-order chi connectivity index (χ1) is 15.8. The van der Waals surface area contributed by atoms with Crippen LogP contribution in [0.15, 0.2) is 60.9 Å². The molecule has 8 heteroatoms. The highest BCUT2D eigenvalue weighted by Crippen LogP contribution is 2.27. The van der Waals surface area contributed by atoms with Gasteiger partial charge in [0.1, 0.15) is 6.04 Å². The van der Waals surface area contributed by atoms with Gasteiger partial charge in [-0.1, -0.05) is 26.0 Å². The van der Waals surface area contributed by atoms with Crippen molar-refractivity contribution in [3.05, 3.63) is 83.4 Å². The number of aromatic nitrogens is 2. The molecule has 168 valence electrons. The van der Waals surface area contributed by atoms with Gasteiger partial charge in [-0.2, -0.15) is 0 Å². The molecule has 1 atom stereocenters. The molecule has 2 aromatic carbocycles. The number of anilines is 1. The number of benzene rings is 2. The molecule has 3 amide bonds. The number of imidazole rings is 1. The van der Waals surface area contributed by atoms with E-state index in [1.54, 1.807) is 72.5 Å². The van der Waals surface area contributed by atoms with E-state index < -0.39 is 23.8 Å². The number of imide groups is 1. The molecule has 0 saturated carbocycles. The zero-order valence-electron chi connectivity index (χ0n) is 18.6. The van der Waals surface area contributed by atoms with Crippen molar-refractivity contribution in [2.45, 2.75) is 26.3 Å². The molecule has 3 aromatic rings. The monoisotopic (exact) mass is 444 g/mol. The largest absolute Gasteiger partial charge is 0.331 e. The molecule has 0 fully saturated rings. The summed E-state index contributed by atoms with van der Waals surface area (Å²) >= 11 is 0. The van der Waals surface area contributed by atoms with E-state index in [1.165, 1.54) is 0 Å². The number of amides is 3. The van der Waals surface area contributed by atoms with Gasteiger partial charge < -0.3 is 9.88 Å². The first-order valence-electron chi connectivity index (χ1n) is 10.7. The summed E-state index contributed by atoms with van der Waals surface area (Å²) in [4.78, 5) is 56.8. The first-order valence-corrected chi connectivity index (χ1v) is 10.7. The van der Waals surface area contributed by atoms with Crippen molar-refractivity contribution in [1.29, 1.82) is 0 Å². The Balaban J connectivity index is 1.54. The van der Waals surface area contributed by atoms with Crippen LogP contribution in [0.25, 0.3) is 0 Å². The Labute approximate surface area is 191 Å². The summed E-state index contributed by atoms with van der Waals surface area (Å²) in [6.07, 6.45) is 3.57. The van der Waals surface area contributed by atoms with Crippen LogP contribution in [0.1, 0.15) is 57.2 Å². The fraction of sp³-hybridized carbons (Fsp3) is 0.240. The van der Waals surface area contributed by atoms with Crippen molar-refractivity contribution in [1.82, 2.24) is 14.5 Å². The summed E-state index contributed by atoms with van der Waals surface area (Å²) in [6.45, 7) is 3.85. The van der Waals surface area contributed by atoms with Crippen molar-refractivity contribution >= 4 is 29.2 Å². The number of fused-ring (bicyclic) bond motifs is 1. The maximum absolute atomic E-state index is 13.2. The normalized spacial score (nSPS) is 13.9. The van der Waals surface area contributed by atoms with Gasteiger partial charge in [0.15, 0.2) is 5.82 Å². The molecule has 1 aliphatic rings. The van der Waals surface area contributed by atoms with Crippen molar-refractivity contribution in [2.24, 2.45) is 13.0 Å². The van der Waals surface area contributed by atoms with Gasteiger partial charge in [0.25, 0.3) is 11.8 Å². The minimum atomic E-state index is -0.953. The molecule has 0 aliphatic carbocycles. The molecule has 0 bridgehead atoms. The highest BCUT2D eigenvalue weighted by molar-refractivity contribution is 6.23. The number of rotatable bonds is 7. The molecule has 0 spiro atoms. The molecule has 1 N–H and O–H groups in total. The van der Waals surface area contributed by atoms with E-state index in [0.29, 0.717) is 34.6 Å². The number of hydrogen-bond donors (Lipinski definition) is 1. The molecular weight excluding hydrogens is 420 g/mol. The van der Waals surface area contributed by atoms with Gasteiger partial charge >= 0.3 is 0 Å². The molecule has 8 nitrogen and oxygen atoms in total. The van der Waals surface area contributed by atoms with Crippen molar-refractivity contribution < 1.29 is 19.2 Å². The van der Waals surface area contributed by atoms with Crippen molar-refractivity contribution in [3.8, 4) is 0 Å². The van der Waals surface area contributed by atoms with Crippen LogP contribution < -0.4 is 5.32 Å². The summed E-state index contributed by atoms with van der Waals surface area (Å²) in [6, 6.07) is 12.1. The Kier molecular flexibility index (Phi) is 5.91. The smallest absolute Gasteiger partial charge is 0.262 e. The lowest BCUT2D eigenvalue weighted by molar-refractivity contribution is -0.120. The summed E-state index contributed by atoms with van der Waals surface area (Å²) in [5.74, 6) is -1.23. The zero-order valence-corrected chi connectivity index (χ0v) is 18.6. The first kappa shape index (κ1) is 22.1. The third-order valence-electron chi connectivity index (χ3n) is 5.57. The van der Waals surface area contributed by atoms with Crippen molar-refractivity contribution in [3.63, 3.8) is 0 Å². The number of carbonyl (C=O) groups excluding carboxylic acids is 4. The average molecular weight is 444 g/mol. The second-order valence-electron chi connectivity index (χ2n) is 8.43. The number of nitrogens with zero attached hydrogens (tertiary/aromatic N) is 3. The van der Waals surface area contributed by atoms with E-state index in [9.17, 15) is 19.2 Å². The van der Waals surface area contributed by atoms with Gasteiger partial charge in [-0.3, -0.25) is 24.1 Å². The Bertz CT molecular complexity index is 1210. The van der Waals surface area contributed by atoms with E-state index in [0.717, 1.165) is 4.90 Å². The van der Waals surface area contributed by atoms with E-state index in [-0.39, 0.29) is 11.7 Å². The molecule has 1 aliphatic heterocycles. The van der Waals surface area contributed by atoms with Gasteiger partial charge in [0, 0.05) is 30.7 Å². The highest BCUT2D eigenvalue weighted by Gasteiger charge is 2.42. The van der Waals surface area contributed by atoms with Crippen LogP contribution in [0.2, 0.25) is 0 Å². The van der Waals surface area contributed by atoms with Crippen LogP contribution in [-0.2, 0) is 11.8 Å². The van der Waals surface area contributed by atoms with Crippen LogP contribution in [0.4, 0.5) is 5.69 Å². The standard InChI is InChI=1S/C25H24N4O4/c1-15(2)14-20(29-24(32)18-6-4-5-7-19(18)25(29)33)23(31)27-17-10-8-16(9-11-17)21(30)22-26-12-13-28(22)3/h4-13,15,20H,14H2,1-3H3,(H,27,31). The number of carbonyl (C=O) groups is 4. The van der Waals surface area contributed by atoms with Crippen LogP contribution >= 0.6 is 0 Å².